The number of hydrogen-bond acceptors (Lipinski definition) is 6. The van der Waals surface area contributed by atoms with Crippen LogP contribution in [-0.4, -0.2) is 29.3 Å². The number of rotatable bonds is 4. The molecule has 158 valence electrons. The van der Waals surface area contributed by atoms with E-state index in [1.807, 2.05) is 0 Å². The monoisotopic (exact) mass is 438 g/mol. The maximum Gasteiger partial charge on any atom is 0.338 e. The molecule has 1 aliphatic heterocycles. The summed E-state index contributed by atoms with van der Waals surface area (Å²) in [5.74, 6) is -0.306. The number of halogens is 1. The lowest BCUT2D eigenvalue weighted by molar-refractivity contribution is -0.119. The molecule has 1 saturated carbocycles. The van der Waals surface area contributed by atoms with E-state index in [1.54, 1.807) is 48.5 Å². The fourth-order valence-electron chi connectivity index (χ4n) is 3.93. The minimum atomic E-state index is -0.596. The minimum Gasteiger partial charge on any atom is -0.452 e. The Morgan fingerprint density at radius 2 is 1.84 bits per heavy atom. The van der Waals surface area contributed by atoms with E-state index in [9.17, 15) is 9.59 Å². The van der Waals surface area contributed by atoms with Crippen LogP contribution in [0, 0.1) is 0 Å². The number of anilines is 1. The van der Waals surface area contributed by atoms with Gasteiger partial charge in [0.15, 0.2) is 18.1 Å². The second kappa shape index (κ2) is 7.74. The van der Waals surface area contributed by atoms with E-state index in [0.29, 0.717) is 33.4 Å². The second-order valence-electron chi connectivity index (χ2n) is 7.65. The molecule has 2 heterocycles. The maximum absolute atomic E-state index is 12.3. The third kappa shape index (κ3) is 4.01. The van der Waals surface area contributed by atoms with E-state index < -0.39 is 24.3 Å². The fourth-order valence-corrected chi connectivity index (χ4v) is 4.08. The number of hydrogen-bond donors (Lipinski definition) is 1. The van der Waals surface area contributed by atoms with Crippen molar-refractivity contribution in [2.45, 2.75) is 31.5 Å². The Kier molecular flexibility index (Phi) is 4.90. The normalized spacial score (nSPS) is 15.9. The van der Waals surface area contributed by atoms with Gasteiger partial charge in [-0.3, -0.25) is 4.79 Å². The quantitative estimate of drug-likeness (QED) is 0.468. The number of aromatic nitrogens is 1. The molecule has 0 unspecified atom stereocenters. The van der Waals surface area contributed by atoms with Gasteiger partial charge in [0.2, 0.25) is 0 Å². The van der Waals surface area contributed by atoms with Crippen molar-refractivity contribution in [1.82, 2.24) is 4.98 Å². The number of pyridine rings is 1. The minimum absolute atomic E-state index is 0.328. The maximum atomic E-state index is 12.3. The summed E-state index contributed by atoms with van der Waals surface area (Å²) in [5.41, 5.74) is 1.55. The summed E-state index contributed by atoms with van der Waals surface area (Å²) in [7, 11) is 0. The average Bonchev–Trinajstić information content (AvgIpc) is 3.37. The Hall–Kier alpha value is -3.32. The molecule has 1 aromatic heterocycles. The SMILES string of the molecule is O=C(COC(=O)c1ccc2nc(Cl)ccc2c1)Nc1ccc2c(c1)OC1(CCCC1)O2. The zero-order chi connectivity index (χ0) is 21.4. The van der Waals surface area contributed by atoms with E-state index in [-0.39, 0.29) is 0 Å². The molecule has 2 aromatic carbocycles. The van der Waals surface area contributed by atoms with Crippen LogP contribution in [0.4, 0.5) is 5.69 Å². The highest BCUT2D eigenvalue weighted by atomic mass is 35.5. The van der Waals surface area contributed by atoms with E-state index >= 15 is 0 Å². The Morgan fingerprint density at radius 3 is 2.68 bits per heavy atom. The average molecular weight is 439 g/mol. The number of amides is 1. The van der Waals surface area contributed by atoms with Crippen LogP contribution in [0.15, 0.2) is 48.5 Å². The summed E-state index contributed by atoms with van der Waals surface area (Å²) >= 11 is 5.87. The Labute approximate surface area is 183 Å². The van der Waals surface area contributed by atoms with Crippen LogP contribution in [0.25, 0.3) is 10.9 Å². The third-order valence-corrected chi connectivity index (χ3v) is 5.62. The van der Waals surface area contributed by atoms with Crippen LogP contribution >= 0.6 is 11.6 Å². The molecule has 0 bridgehead atoms. The molecule has 1 fully saturated rings. The van der Waals surface area contributed by atoms with E-state index in [2.05, 4.69) is 10.3 Å². The van der Waals surface area contributed by atoms with Crippen molar-refractivity contribution < 1.29 is 23.8 Å². The number of esters is 1. The highest BCUT2D eigenvalue weighted by Gasteiger charge is 2.44. The number of ether oxygens (including phenoxy) is 3. The van der Waals surface area contributed by atoms with E-state index in [4.69, 9.17) is 25.8 Å². The first-order valence-corrected chi connectivity index (χ1v) is 10.4. The van der Waals surface area contributed by atoms with Crippen molar-refractivity contribution in [3.8, 4) is 11.5 Å². The summed E-state index contributed by atoms with van der Waals surface area (Å²) in [4.78, 5) is 28.8. The Bertz CT molecular complexity index is 1190. The lowest BCUT2D eigenvalue weighted by Crippen LogP contribution is -2.34. The fraction of sp³-hybridized carbons (Fsp3) is 0.261. The molecule has 8 heteroatoms. The van der Waals surface area contributed by atoms with Crippen LogP contribution in [0.2, 0.25) is 5.15 Å². The molecule has 2 aliphatic rings. The lowest BCUT2D eigenvalue weighted by atomic mass is 10.1. The van der Waals surface area contributed by atoms with Crippen molar-refractivity contribution >= 4 is 40.1 Å². The molecule has 3 aromatic rings. The number of fused-ring (bicyclic) bond motifs is 2. The molecule has 31 heavy (non-hydrogen) atoms. The van der Waals surface area contributed by atoms with Gasteiger partial charge in [0.1, 0.15) is 5.15 Å². The molecule has 0 saturated heterocycles. The molecular formula is C23H19ClN2O5. The summed E-state index contributed by atoms with van der Waals surface area (Å²) in [5, 5.41) is 3.85. The van der Waals surface area contributed by atoms with Crippen molar-refractivity contribution in [2.75, 3.05) is 11.9 Å². The topological polar surface area (TPSA) is 86.8 Å². The predicted octanol–water partition coefficient (Wildman–Crippen LogP) is 4.73. The van der Waals surface area contributed by atoms with Gasteiger partial charge in [0, 0.05) is 30.0 Å². The van der Waals surface area contributed by atoms with E-state index in [1.165, 1.54) is 0 Å². The van der Waals surface area contributed by atoms with Crippen molar-refractivity contribution in [1.29, 1.82) is 0 Å². The molecule has 0 radical (unpaired) electrons. The highest BCUT2D eigenvalue weighted by molar-refractivity contribution is 6.29. The number of nitrogens with one attached hydrogen (secondary N) is 1. The number of carbonyl (C=O) groups excluding carboxylic acids is 2. The predicted molar refractivity (Wildman–Crippen MR) is 115 cm³/mol. The van der Waals surface area contributed by atoms with Crippen LogP contribution in [-0.2, 0) is 9.53 Å². The van der Waals surface area contributed by atoms with Gasteiger partial charge in [-0.15, -0.1) is 0 Å². The molecule has 5 rings (SSSR count). The lowest BCUT2D eigenvalue weighted by Gasteiger charge is -2.21. The molecule has 7 nitrogen and oxygen atoms in total. The first-order valence-electron chi connectivity index (χ1n) is 10.1. The summed E-state index contributed by atoms with van der Waals surface area (Å²) in [6.07, 6.45) is 3.86. The van der Waals surface area contributed by atoms with E-state index in [0.717, 1.165) is 31.1 Å². The first-order chi connectivity index (χ1) is 15.0. The van der Waals surface area contributed by atoms with Gasteiger partial charge in [0.25, 0.3) is 11.7 Å². The molecule has 1 spiro atoms. The first kappa shape index (κ1) is 19.6. The number of benzene rings is 2. The number of carbonyl (C=O) groups is 2. The van der Waals surface area contributed by atoms with Gasteiger partial charge in [0.05, 0.1) is 11.1 Å². The standard InChI is InChI=1S/C23H19ClN2O5/c24-20-8-4-14-11-15(3-6-17(14)26-20)22(28)29-13-21(27)25-16-5-7-18-19(12-16)31-23(30-18)9-1-2-10-23/h3-8,11-12H,1-2,9-10,13H2,(H,25,27). The zero-order valence-electron chi connectivity index (χ0n) is 16.5. The van der Waals surface area contributed by atoms with Crippen molar-refractivity contribution in [2.24, 2.45) is 0 Å². The van der Waals surface area contributed by atoms with Crippen molar-refractivity contribution in [3.05, 3.63) is 59.2 Å². The second-order valence-corrected chi connectivity index (χ2v) is 8.04. The van der Waals surface area contributed by atoms with Crippen LogP contribution in [0.5, 0.6) is 11.5 Å². The highest BCUT2D eigenvalue weighted by Crippen LogP contribution is 2.47. The largest absolute Gasteiger partial charge is 0.452 e. The van der Waals surface area contributed by atoms with Gasteiger partial charge >= 0.3 is 5.97 Å². The Balaban J connectivity index is 1.19. The Morgan fingerprint density at radius 1 is 1.03 bits per heavy atom. The molecule has 1 amide bonds. The number of nitrogens with zero attached hydrogens (tertiary/aromatic N) is 1. The summed E-state index contributed by atoms with van der Waals surface area (Å²) in [6, 6.07) is 13.6. The third-order valence-electron chi connectivity index (χ3n) is 5.41. The van der Waals surface area contributed by atoms with Crippen LogP contribution < -0.4 is 14.8 Å². The van der Waals surface area contributed by atoms with Crippen LogP contribution in [0.1, 0.15) is 36.0 Å². The zero-order valence-corrected chi connectivity index (χ0v) is 17.3. The van der Waals surface area contributed by atoms with Gasteiger partial charge in [-0.25, -0.2) is 9.78 Å². The molecule has 1 N–H and O–H groups in total. The van der Waals surface area contributed by atoms with Gasteiger partial charge < -0.3 is 19.5 Å². The molecule has 1 aliphatic carbocycles. The van der Waals surface area contributed by atoms with Crippen LogP contribution in [0.3, 0.4) is 0 Å². The summed E-state index contributed by atoms with van der Waals surface area (Å²) < 4.78 is 17.1. The van der Waals surface area contributed by atoms with Gasteiger partial charge in [-0.2, -0.15) is 0 Å². The van der Waals surface area contributed by atoms with Crippen molar-refractivity contribution in [3.63, 3.8) is 0 Å². The smallest absolute Gasteiger partial charge is 0.338 e. The molecular weight excluding hydrogens is 420 g/mol. The molecule has 0 atom stereocenters. The van der Waals surface area contributed by atoms with Gasteiger partial charge in [-0.05, 0) is 55.3 Å². The van der Waals surface area contributed by atoms with Gasteiger partial charge in [-0.1, -0.05) is 11.6 Å². The summed E-state index contributed by atoms with van der Waals surface area (Å²) in [6.45, 7) is -0.409.